The summed E-state index contributed by atoms with van der Waals surface area (Å²) in [5.74, 6) is 1.08. The molecule has 0 saturated heterocycles. The molecule has 0 aliphatic heterocycles. The maximum absolute atomic E-state index is 4.05. The van der Waals surface area contributed by atoms with E-state index in [0.29, 0.717) is 0 Å². The lowest BCUT2D eigenvalue weighted by atomic mass is 10.7. The largest absolute Gasteiger partial charge is 0.368 e. The summed E-state index contributed by atoms with van der Waals surface area (Å²) in [5.41, 5.74) is 0. The van der Waals surface area contributed by atoms with Gasteiger partial charge in [-0.1, -0.05) is 11.8 Å². The minimum atomic E-state index is 0. The van der Waals surface area contributed by atoms with Crippen LogP contribution in [-0.4, -0.2) is 50.6 Å². The van der Waals surface area contributed by atoms with E-state index in [-0.39, 0.29) is 24.8 Å². The van der Waals surface area contributed by atoms with Crippen molar-refractivity contribution in [3.8, 4) is 0 Å². The van der Waals surface area contributed by atoms with E-state index in [2.05, 4.69) is 29.3 Å². The van der Waals surface area contributed by atoms with Gasteiger partial charge in [0.05, 0.1) is 0 Å². The van der Waals surface area contributed by atoms with Crippen LogP contribution in [0.3, 0.4) is 0 Å². The summed E-state index contributed by atoms with van der Waals surface area (Å²) in [6.45, 7) is 1.09. The number of amidine groups is 1. The van der Waals surface area contributed by atoms with Crippen molar-refractivity contribution in [3.05, 3.63) is 0 Å². The summed E-state index contributed by atoms with van der Waals surface area (Å²) in [4.78, 5) is 6.22. The summed E-state index contributed by atoms with van der Waals surface area (Å²) in [6, 6.07) is 0. The molecule has 0 bridgehead atoms. The van der Waals surface area contributed by atoms with Crippen LogP contribution in [0.1, 0.15) is 0 Å². The number of halogens is 2. The van der Waals surface area contributed by atoms with E-state index in [0.717, 1.165) is 17.5 Å². The quantitative estimate of drug-likeness (QED) is 0.603. The molecule has 82 valence electrons. The summed E-state index contributed by atoms with van der Waals surface area (Å²) in [6.07, 6.45) is 0. The highest BCUT2D eigenvalue weighted by molar-refractivity contribution is 8.13. The van der Waals surface area contributed by atoms with Gasteiger partial charge in [-0.25, -0.2) is 0 Å². The topological polar surface area (TPSA) is 27.6 Å². The summed E-state index contributed by atoms with van der Waals surface area (Å²) in [7, 11) is 7.84. The van der Waals surface area contributed by atoms with Crippen molar-refractivity contribution in [2.45, 2.75) is 0 Å². The van der Waals surface area contributed by atoms with Gasteiger partial charge >= 0.3 is 0 Å². The average molecular weight is 248 g/mol. The van der Waals surface area contributed by atoms with Gasteiger partial charge in [-0.15, -0.1) is 24.8 Å². The second-order valence-electron chi connectivity index (χ2n) is 2.43. The Morgan fingerprint density at radius 3 is 2.23 bits per heavy atom. The highest BCUT2D eigenvalue weighted by Crippen LogP contribution is 2.00. The van der Waals surface area contributed by atoms with E-state index in [1.54, 1.807) is 18.8 Å². The molecule has 0 aromatic rings. The van der Waals surface area contributed by atoms with Crippen molar-refractivity contribution in [2.24, 2.45) is 4.99 Å². The molecule has 0 aliphatic carbocycles. The zero-order valence-electron chi connectivity index (χ0n) is 8.53. The molecule has 1 N–H and O–H groups in total. The molecule has 0 rings (SSSR count). The first-order valence-corrected chi connectivity index (χ1v) is 4.61. The molecule has 13 heavy (non-hydrogen) atoms. The predicted molar refractivity (Wildman–Crippen MR) is 67.9 cm³/mol. The van der Waals surface area contributed by atoms with Crippen LogP contribution in [0.15, 0.2) is 4.99 Å². The number of rotatable bonds is 3. The van der Waals surface area contributed by atoms with Gasteiger partial charge in [-0.2, -0.15) is 0 Å². The SMILES string of the molecule is CN=C(NC)SCCN(C)C.Cl.Cl. The van der Waals surface area contributed by atoms with E-state index in [1.165, 1.54) is 0 Å². The summed E-state index contributed by atoms with van der Waals surface area (Å²) in [5, 5.41) is 4.03. The maximum atomic E-state index is 4.05. The van der Waals surface area contributed by atoms with Gasteiger partial charge in [-0.3, -0.25) is 4.99 Å². The van der Waals surface area contributed by atoms with Gasteiger partial charge in [0.1, 0.15) is 0 Å². The Morgan fingerprint density at radius 1 is 1.38 bits per heavy atom. The Bertz CT molecular complexity index is 131. The Balaban J connectivity index is -0.000000500. The van der Waals surface area contributed by atoms with Crippen molar-refractivity contribution in [1.82, 2.24) is 10.2 Å². The van der Waals surface area contributed by atoms with E-state index < -0.39 is 0 Å². The number of hydrogen-bond acceptors (Lipinski definition) is 3. The zero-order valence-corrected chi connectivity index (χ0v) is 11.0. The Hall–Kier alpha value is 0.360. The molecule has 0 aromatic heterocycles. The van der Waals surface area contributed by atoms with Crippen LogP contribution in [0.2, 0.25) is 0 Å². The number of hydrogen-bond donors (Lipinski definition) is 1. The van der Waals surface area contributed by atoms with E-state index in [4.69, 9.17) is 0 Å². The number of aliphatic imine (C=N–C) groups is 1. The van der Waals surface area contributed by atoms with Gasteiger partial charge < -0.3 is 10.2 Å². The summed E-state index contributed by atoms with van der Waals surface area (Å²) >= 11 is 1.75. The lowest BCUT2D eigenvalue weighted by molar-refractivity contribution is 0.437. The molecule has 0 aliphatic rings. The average Bonchev–Trinajstić information content (AvgIpc) is 1.98. The molecule has 3 nitrogen and oxygen atoms in total. The third-order valence-corrected chi connectivity index (χ3v) is 2.24. The fourth-order valence-corrected chi connectivity index (χ4v) is 1.50. The number of nitrogens with zero attached hydrogens (tertiary/aromatic N) is 2. The molecular formula is C7H19Cl2N3S. The third kappa shape index (κ3) is 12.4. The second-order valence-corrected chi connectivity index (χ2v) is 3.51. The monoisotopic (exact) mass is 247 g/mol. The Labute approximate surface area is 97.6 Å². The minimum Gasteiger partial charge on any atom is -0.368 e. The van der Waals surface area contributed by atoms with E-state index in [1.807, 2.05) is 7.05 Å². The van der Waals surface area contributed by atoms with Crippen LogP contribution in [0, 0.1) is 0 Å². The van der Waals surface area contributed by atoms with Crippen molar-refractivity contribution in [1.29, 1.82) is 0 Å². The van der Waals surface area contributed by atoms with Gasteiger partial charge in [0.25, 0.3) is 0 Å². The highest BCUT2D eigenvalue weighted by Gasteiger charge is 1.95. The molecular weight excluding hydrogens is 229 g/mol. The van der Waals surface area contributed by atoms with Gasteiger partial charge in [0, 0.05) is 26.4 Å². The van der Waals surface area contributed by atoms with E-state index in [9.17, 15) is 0 Å². The Morgan fingerprint density at radius 2 is 1.92 bits per heavy atom. The second kappa shape index (κ2) is 12.4. The van der Waals surface area contributed by atoms with Crippen LogP contribution in [0.4, 0.5) is 0 Å². The summed E-state index contributed by atoms with van der Waals surface area (Å²) < 4.78 is 0. The zero-order chi connectivity index (χ0) is 8.69. The third-order valence-electron chi connectivity index (χ3n) is 1.19. The lowest BCUT2D eigenvalue weighted by Crippen LogP contribution is -2.19. The first kappa shape index (κ1) is 19.0. The molecule has 0 atom stereocenters. The fourth-order valence-electron chi connectivity index (χ4n) is 0.573. The van der Waals surface area contributed by atoms with Crippen LogP contribution in [0.25, 0.3) is 0 Å². The van der Waals surface area contributed by atoms with Crippen LogP contribution >= 0.6 is 36.6 Å². The minimum absolute atomic E-state index is 0. The van der Waals surface area contributed by atoms with Crippen molar-refractivity contribution in [3.63, 3.8) is 0 Å². The van der Waals surface area contributed by atoms with Crippen LogP contribution in [-0.2, 0) is 0 Å². The van der Waals surface area contributed by atoms with E-state index >= 15 is 0 Å². The lowest BCUT2D eigenvalue weighted by Gasteiger charge is -2.09. The normalized spacial score (nSPS) is 10.4. The highest BCUT2D eigenvalue weighted by atomic mass is 35.5. The van der Waals surface area contributed by atoms with Crippen molar-refractivity contribution in [2.75, 3.05) is 40.5 Å². The smallest absolute Gasteiger partial charge is 0.156 e. The van der Waals surface area contributed by atoms with Gasteiger partial charge in [0.2, 0.25) is 0 Å². The number of nitrogens with one attached hydrogen (secondary N) is 1. The molecule has 0 amide bonds. The first-order valence-electron chi connectivity index (χ1n) is 3.62. The van der Waals surface area contributed by atoms with Gasteiger partial charge in [-0.05, 0) is 14.1 Å². The fraction of sp³-hybridized carbons (Fsp3) is 0.857. The molecule has 0 fully saturated rings. The maximum Gasteiger partial charge on any atom is 0.156 e. The number of thioether (sulfide) groups is 1. The van der Waals surface area contributed by atoms with Crippen molar-refractivity contribution < 1.29 is 0 Å². The molecule has 6 heteroatoms. The molecule has 0 unspecified atom stereocenters. The molecule has 0 radical (unpaired) electrons. The standard InChI is InChI=1S/C7H17N3S.2ClH/c1-8-7(9-2)11-6-5-10(3)4;;/h5-6H2,1-4H3,(H,8,9);2*1H. The molecule has 0 saturated carbocycles. The Kier molecular flexibility index (Phi) is 18.1. The molecule has 0 heterocycles. The van der Waals surface area contributed by atoms with Gasteiger partial charge in [0.15, 0.2) is 5.17 Å². The molecule has 0 aromatic carbocycles. The van der Waals surface area contributed by atoms with Crippen LogP contribution < -0.4 is 5.32 Å². The predicted octanol–water partition coefficient (Wildman–Crippen LogP) is 1.33. The molecule has 0 spiro atoms. The van der Waals surface area contributed by atoms with Crippen molar-refractivity contribution >= 4 is 41.7 Å². The first-order chi connectivity index (χ1) is 5.20. The van der Waals surface area contributed by atoms with Crippen LogP contribution in [0.5, 0.6) is 0 Å².